The zero-order valence-corrected chi connectivity index (χ0v) is 10.1. The Morgan fingerprint density at radius 2 is 1.83 bits per heavy atom. The van der Waals surface area contributed by atoms with Crippen molar-refractivity contribution >= 4 is 0 Å². The highest BCUT2D eigenvalue weighted by molar-refractivity contribution is 5.42. The third-order valence-electron chi connectivity index (χ3n) is 3.78. The van der Waals surface area contributed by atoms with Gasteiger partial charge in [0.15, 0.2) is 0 Å². The second-order valence-electron chi connectivity index (χ2n) is 4.93. The monoisotopic (exact) mass is 241 g/mol. The van der Waals surface area contributed by atoms with E-state index in [0.29, 0.717) is 0 Å². The van der Waals surface area contributed by atoms with Gasteiger partial charge in [-0.15, -0.1) is 0 Å². The normalized spacial score (nSPS) is 22.6. The summed E-state index contributed by atoms with van der Waals surface area (Å²) in [7, 11) is 0. The lowest BCUT2D eigenvalue weighted by Gasteiger charge is -2.31. The van der Waals surface area contributed by atoms with Crippen molar-refractivity contribution in [3.05, 3.63) is 71.0 Å². The molecule has 1 aliphatic rings. The zero-order valence-electron chi connectivity index (χ0n) is 10.1. The van der Waals surface area contributed by atoms with Crippen molar-refractivity contribution in [2.45, 2.75) is 24.8 Å². The van der Waals surface area contributed by atoms with Gasteiger partial charge in [-0.05, 0) is 41.7 Å². The molecule has 2 aromatic rings. The van der Waals surface area contributed by atoms with Crippen molar-refractivity contribution in [2.75, 3.05) is 0 Å². The number of benzene rings is 2. The van der Waals surface area contributed by atoms with E-state index in [9.17, 15) is 4.39 Å². The molecule has 0 heterocycles. The molecule has 0 aromatic heterocycles. The smallest absolute Gasteiger partial charge is 0.123 e. The number of aryl methyl sites for hydroxylation is 1. The van der Waals surface area contributed by atoms with Crippen LogP contribution in [0.2, 0.25) is 0 Å². The Kier molecular flexibility index (Phi) is 2.88. The molecule has 0 spiro atoms. The van der Waals surface area contributed by atoms with E-state index in [1.807, 2.05) is 24.3 Å². The van der Waals surface area contributed by atoms with Crippen LogP contribution in [-0.4, -0.2) is 6.04 Å². The quantitative estimate of drug-likeness (QED) is 0.815. The summed E-state index contributed by atoms with van der Waals surface area (Å²) >= 11 is 0. The topological polar surface area (TPSA) is 26.0 Å². The second-order valence-corrected chi connectivity index (χ2v) is 4.93. The minimum Gasteiger partial charge on any atom is -0.327 e. The summed E-state index contributed by atoms with van der Waals surface area (Å²) in [6.07, 6.45) is 1.90. The molecule has 0 saturated carbocycles. The van der Waals surface area contributed by atoms with Gasteiger partial charge in [0.25, 0.3) is 0 Å². The highest BCUT2D eigenvalue weighted by atomic mass is 19.1. The summed E-state index contributed by atoms with van der Waals surface area (Å²) in [6, 6.07) is 15.3. The Labute approximate surface area is 106 Å². The molecular weight excluding hydrogens is 225 g/mol. The first-order valence-corrected chi connectivity index (χ1v) is 6.34. The molecule has 92 valence electrons. The third-order valence-corrected chi connectivity index (χ3v) is 3.78. The number of hydrogen-bond donors (Lipinski definition) is 1. The van der Waals surface area contributed by atoms with Gasteiger partial charge in [0.2, 0.25) is 0 Å². The third kappa shape index (κ3) is 1.93. The van der Waals surface area contributed by atoms with Gasteiger partial charge in [-0.25, -0.2) is 4.39 Å². The molecule has 18 heavy (non-hydrogen) atoms. The highest BCUT2D eigenvalue weighted by Gasteiger charge is 2.28. The van der Waals surface area contributed by atoms with Gasteiger partial charge in [0.05, 0.1) is 0 Å². The lowest BCUT2D eigenvalue weighted by atomic mass is 9.76. The molecule has 1 nitrogen and oxygen atoms in total. The summed E-state index contributed by atoms with van der Waals surface area (Å²) in [5, 5.41) is 0. The standard InChI is InChI=1S/C16H16FN/c17-13-8-6-11-7-9-15(18)16(14(11)10-13)12-4-2-1-3-5-12/h1-6,8,10,15-16H,7,9,18H2. The van der Waals surface area contributed by atoms with Gasteiger partial charge in [0, 0.05) is 12.0 Å². The van der Waals surface area contributed by atoms with Crippen molar-refractivity contribution in [2.24, 2.45) is 5.73 Å². The van der Waals surface area contributed by atoms with Crippen molar-refractivity contribution in [1.82, 2.24) is 0 Å². The van der Waals surface area contributed by atoms with Crippen LogP contribution in [0.25, 0.3) is 0 Å². The summed E-state index contributed by atoms with van der Waals surface area (Å²) in [5.74, 6) is -0.0607. The number of halogens is 1. The molecule has 0 fully saturated rings. The minimum atomic E-state index is -0.177. The Morgan fingerprint density at radius 3 is 2.61 bits per heavy atom. The molecule has 1 aliphatic carbocycles. The molecule has 0 radical (unpaired) electrons. The van der Waals surface area contributed by atoms with Crippen molar-refractivity contribution in [1.29, 1.82) is 0 Å². The molecule has 0 amide bonds. The van der Waals surface area contributed by atoms with E-state index in [4.69, 9.17) is 5.73 Å². The Bertz CT molecular complexity index is 550. The van der Waals surface area contributed by atoms with Crippen LogP contribution in [0, 0.1) is 5.82 Å². The van der Waals surface area contributed by atoms with Gasteiger partial charge in [-0.1, -0.05) is 36.4 Å². The molecule has 2 aromatic carbocycles. The van der Waals surface area contributed by atoms with Crippen LogP contribution in [0.1, 0.15) is 29.0 Å². The van der Waals surface area contributed by atoms with E-state index in [1.54, 1.807) is 6.07 Å². The summed E-state index contributed by atoms with van der Waals surface area (Å²) in [4.78, 5) is 0. The lowest BCUT2D eigenvalue weighted by molar-refractivity contribution is 0.513. The van der Waals surface area contributed by atoms with Crippen LogP contribution in [0.15, 0.2) is 48.5 Å². The van der Waals surface area contributed by atoms with Crippen LogP contribution in [0.3, 0.4) is 0 Å². The minimum absolute atomic E-state index is 0.0710. The second kappa shape index (κ2) is 4.54. The van der Waals surface area contributed by atoms with E-state index in [2.05, 4.69) is 12.1 Å². The fourth-order valence-corrected chi connectivity index (χ4v) is 2.89. The van der Waals surface area contributed by atoms with E-state index in [-0.39, 0.29) is 17.8 Å². The van der Waals surface area contributed by atoms with Crippen LogP contribution in [-0.2, 0) is 6.42 Å². The van der Waals surface area contributed by atoms with E-state index >= 15 is 0 Å². The first-order valence-electron chi connectivity index (χ1n) is 6.34. The number of hydrogen-bond acceptors (Lipinski definition) is 1. The largest absolute Gasteiger partial charge is 0.327 e. The zero-order chi connectivity index (χ0) is 12.5. The summed E-state index contributed by atoms with van der Waals surface area (Å²) in [5.41, 5.74) is 9.72. The van der Waals surface area contributed by atoms with Crippen LogP contribution < -0.4 is 5.73 Å². The fraction of sp³-hybridized carbons (Fsp3) is 0.250. The molecular formula is C16H16FN. The maximum absolute atomic E-state index is 13.5. The average Bonchev–Trinajstić information content (AvgIpc) is 2.39. The van der Waals surface area contributed by atoms with Crippen LogP contribution in [0.4, 0.5) is 4.39 Å². The Morgan fingerprint density at radius 1 is 1.06 bits per heavy atom. The summed E-state index contributed by atoms with van der Waals surface area (Å²) in [6.45, 7) is 0. The molecule has 0 aliphatic heterocycles. The van der Waals surface area contributed by atoms with Gasteiger partial charge in [0.1, 0.15) is 5.82 Å². The van der Waals surface area contributed by atoms with Crippen molar-refractivity contribution in [3.8, 4) is 0 Å². The van der Waals surface area contributed by atoms with Gasteiger partial charge in [-0.2, -0.15) is 0 Å². The van der Waals surface area contributed by atoms with E-state index in [1.165, 1.54) is 17.2 Å². The maximum Gasteiger partial charge on any atom is 0.123 e. The molecule has 2 heteroatoms. The molecule has 0 saturated heterocycles. The number of fused-ring (bicyclic) bond motifs is 1. The number of nitrogens with two attached hydrogens (primary N) is 1. The molecule has 3 rings (SSSR count). The molecule has 2 atom stereocenters. The Balaban J connectivity index is 2.12. The molecule has 2 unspecified atom stereocenters. The molecule has 0 bridgehead atoms. The summed E-state index contributed by atoms with van der Waals surface area (Å²) < 4.78 is 13.5. The first kappa shape index (κ1) is 11.4. The first-order chi connectivity index (χ1) is 8.75. The predicted molar refractivity (Wildman–Crippen MR) is 71.0 cm³/mol. The average molecular weight is 241 g/mol. The van der Waals surface area contributed by atoms with E-state index in [0.717, 1.165) is 18.4 Å². The highest BCUT2D eigenvalue weighted by Crippen LogP contribution is 2.36. The van der Waals surface area contributed by atoms with Gasteiger partial charge >= 0.3 is 0 Å². The van der Waals surface area contributed by atoms with Gasteiger partial charge < -0.3 is 5.73 Å². The molecule has 2 N–H and O–H groups in total. The van der Waals surface area contributed by atoms with E-state index < -0.39 is 0 Å². The van der Waals surface area contributed by atoms with Crippen molar-refractivity contribution in [3.63, 3.8) is 0 Å². The van der Waals surface area contributed by atoms with Gasteiger partial charge in [-0.3, -0.25) is 0 Å². The Hall–Kier alpha value is -1.67. The maximum atomic E-state index is 13.5. The van der Waals surface area contributed by atoms with Crippen LogP contribution >= 0.6 is 0 Å². The number of rotatable bonds is 1. The lowest BCUT2D eigenvalue weighted by Crippen LogP contribution is -2.33. The fourth-order valence-electron chi connectivity index (χ4n) is 2.89. The van der Waals surface area contributed by atoms with Crippen molar-refractivity contribution < 1.29 is 4.39 Å². The SMILES string of the molecule is NC1CCc2ccc(F)cc2C1c1ccccc1. The predicted octanol–water partition coefficient (Wildman–Crippen LogP) is 3.23. The van der Waals surface area contributed by atoms with Crippen LogP contribution in [0.5, 0.6) is 0 Å².